The lowest BCUT2D eigenvalue weighted by Gasteiger charge is -2.18. The highest BCUT2D eigenvalue weighted by Gasteiger charge is 2.19. The van der Waals surface area contributed by atoms with Crippen molar-refractivity contribution < 1.29 is 28.6 Å². The summed E-state index contributed by atoms with van der Waals surface area (Å²) in [5.74, 6) is -1.01. The van der Waals surface area contributed by atoms with Gasteiger partial charge in [-0.15, -0.1) is 0 Å². The van der Waals surface area contributed by atoms with Gasteiger partial charge < -0.3 is 14.2 Å². The summed E-state index contributed by atoms with van der Waals surface area (Å²) < 4.78 is 16.8. The molecule has 0 saturated carbocycles. The van der Waals surface area contributed by atoms with E-state index in [-0.39, 0.29) is 44.0 Å². The molecule has 0 aromatic heterocycles. The van der Waals surface area contributed by atoms with Crippen molar-refractivity contribution in [2.24, 2.45) is 0 Å². The van der Waals surface area contributed by atoms with Gasteiger partial charge in [-0.3, -0.25) is 14.4 Å². The van der Waals surface area contributed by atoms with Crippen LogP contribution in [0.4, 0.5) is 0 Å². The maximum atomic E-state index is 12.9. The number of ether oxygens (including phenoxy) is 3. The smallest absolute Gasteiger partial charge is 0.306 e. The van der Waals surface area contributed by atoms with Gasteiger partial charge >= 0.3 is 17.9 Å². The predicted molar refractivity (Wildman–Crippen MR) is 325 cm³/mol. The second kappa shape index (κ2) is 62.6. The van der Waals surface area contributed by atoms with Crippen LogP contribution in [-0.2, 0) is 28.6 Å². The number of esters is 3. The van der Waals surface area contributed by atoms with Gasteiger partial charge in [0.15, 0.2) is 6.10 Å². The molecular formula is C69H116O6. The number of carbonyl (C=O) groups is 3. The number of allylic oxidation sites excluding steroid dienone is 18. The van der Waals surface area contributed by atoms with Crippen LogP contribution in [-0.4, -0.2) is 37.2 Å². The molecule has 0 heterocycles. The zero-order valence-corrected chi connectivity index (χ0v) is 49.0. The summed E-state index contributed by atoms with van der Waals surface area (Å²) in [5, 5.41) is 0. The number of unbranched alkanes of at least 4 members (excludes halogenated alkanes) is 27. The molecule has 0 aliphatic heterocycles. The fourth-order valence-electron chi connectivity index (χ4n) is 8.59. The Morgan fingerprint density at radius 1 is 0.280 bits per heavy atom. The fraction of sp³-hybridized carbons (Fsp3) is 0.696. The molecule has 1 atom stereocenters. The van der Waals surface area contributed by atoms with Crippen LogP contribution in [0.1, 0.15) is 290 Å². The van der Waals surface area contributed by atoms with Crippen LogP contribution in [0.3, 0.4) is 0 Å². The number of hydrogen-bond donors (Lipinski definition) is 0. The summed E-state index contributed by atoms with van der Waals surface area (Å²) in [7, 11) is 0. The topological polar surface area (TPSA) is 78.9 Å². The molecule has 0 unspecified atom stereocenters. The van der Waals surface area contributed by atoms with Crippen molar-refractivity contribution >= 4 is 17.9 Å². The van der Waals surface area contributed by atoms with E-state index in [1.165, 1.54) is 141 Å². The van der Waals surface area contributed by atoms with E-state index in [2.05, 4.69) is 124 Å². The molecule has 0 radical (unpaired) electrons. The summed E-state index contributed by atoms with van der Waals surface area (Å²) in [6.07, 6.45) is 85.3. The molecule has 0 aliphatic rings. The highest BCUT2D eigenvalue weighted by atomic mass is 16.6. The Morgan fingerprint density at radius 2 is 0.547 bits per heavy atom. The van der Waals surface area contributed by atoms with E-state index in [1.54, 1.807) is 0 Å². The third-order valence-electron chi connectivity index (χ3n) is 13.3. The minimum atomic E-state index is -0.822. The van der Waals surface area contributed by atoms with Gasteiger partial charge in [-0.1, -0.05) is 284 Å². The number of carbonyl (C=O) groups excluding carboxylic acids is 3. The summed E-state index contributed by atoms with van der Waals surface area (Å²) >= 11 is 0. The number of hydrogen-bond acceptors (Lipinski definition) is 6. The maximum absolute atomic E-state index is 12.9. The average molecular weight is 1040 g/mol. The third-order valence-corrected chi connectivity index (χ3v) is 13.3. The van der Waals surface area contributed by atoms with Crippen molar-refractivity contribution in [2.45, 2.75) is 297 Å². The van der Waals surface area contributed by atoms with Crippen molar-refractivity contribution in [3.05, 3.63) is 109 Å². The Bertz CT molecular complexity index is 1520. The monoisotopic (exact) mass is 1040 g/mol. The highest BCUT2D eigenvalue weighted by molar-refractivity contribution is 5.71. The van der Waals surface area contributed by atoms with Crippen molar-refractivity contribution in [2.75, 3.05) is 13.2 Å². The van der Waals surface area contributed by atoms with E-state index >= 15 is 0 Å². The molecule has 0 aromatic rings. The minimum Gasteiger partial charge on any atom is -0.462 e. The fourth-order valence-corrected chi connectivity index (χ4v) is 8.59. The van der Waals surface area contributed by atoms with E-state index < -0.39 is 6.10 Å². The van der Waals surface area contributed by atoms with Gasteiger partial charge in [0.25, 0.3) is 0 Å². The SMILES string of the molecule is CC/C=C\C/C=C\C/C=C\C/C=C\C/C=C\C/C=C\CCC(=O)OC[C@H](COC(=O)CCCCCCCCCCCCCCCCCCCCCCC)OC(=O)CCCCCC/C=C\C/C=C\C/C=C\CCCCC. The summed E-state index contributed by atoms with van der Waals surface area (Å²) in [4.78, 5) is 38.3. The van der Waals surface area contributed by atoms with Crippen molar-refractivity contribution in [1.82, 2.24) is 0 Å². The Balaban J connectivity index is 4.49. The van der Waals surface area contributed by atoms with Gasteiger partial charge in [-0.25, -0.2) is 0 Å². The molecule has 0 spiro atoms. The van der Waals surface area contributed by atoms with Gasteiger partial charge in [-0.05, 0) is 96.3 Å². The van der Waals surface area contributed by atoms with Crippen molar-refractivity contribution in [1.29, 1.82) is 0 Å². The van der Waals surface area contributed by atoms with Gasteiger partial charge in [0, 0.05) is 19.3 Å². The van der Waals surface area contributed by atoms with Crippen LogP contribution >= 0.6 is 0 Å². The lowest BCUT2D eigenvalue weighted by molar-refractivity contribution is -0.166. The van der Waals surface area contributed by atoms with Crippen LogP contribution in [0.2, 0.25) is 0 Å². The van der Waals surface area contributed by atoms with E-state index in [1.807, 2.05) is 6.08 Å². The quantitative estimate of drug-likeness (QED) is 0.0261. The third kappa shape index (κ3) is 60.8. The highest BCUT2D eigenvalue weighted by Crippen LogP contribution is 2.16. The molecule has 0 aromatic carbocycles. The zero-order chi connectivity index (χ0) is 54.3. The standard InChI is InChI=1S/C69H116O6/c1-4-7-10-13-16-19-22-25-28-31-33-34-36-39-41-44-47-50-53-56-59-62-68(71)74-65-66(75-69(72)63-60-57-54-51-48-45-42-37-30-27-24-21-18-15-12-9-6-3)64-73-67(70)61-58-55-52-49-46-43-40-38-35-32-29-26-23-20-17-14-11-8-5-2/h8,11,17-18,20-21,26-27,29-30,35,38,42-43,45-46,52,55,66H,4-7,9-10,12-16,19,22-25,28,31-34,36-37,39-41,44,47-51,53-54,56-65H2,1-3H3/b11-8-,20-17-,21-18-,29-26-,30-27-,38-35-,45-42-,46-43-,55-52-/t66-/m1/s1. The van der Waals surface area contributed by atoms with Gasteiger partial charge in [0.1, 0.15) is 13.2 Å². The van der Waals surface area contributed by atoms with E-state index in [4.69, 9.17) is 14.2 Å². The zero-order valence-electron chi connectivity index (χ0n) is 49.0. The first-order chi connectivity index (χ1) is 37.0. The summed E-state index contributed by atoms with van der Waals surface area (Å²) in [5.41, 5.74) is 0. The first-order valence-electron chi connectivity index (χ1n) is 31.4. The van der Waals surface area contributed by atoms with Crippen LogP contribution in [0.5, 0.6) is 0 Å². The molecule has 6 nitrogen and oxygen atoms in total. The Hall–Kier alpha value is -3.93. The molecule has 75 heavy (non-hydrogen) atoms. The second-order valence-electron chi connectivity index (χ2n) is 20.6. The van der Waals surface area contributed by atoms with E-state index in [0.29, 0.717) is 12.8 Å². The molecule has 0 fully saturated rings. The van der Waals surface area contributed by atoms with Crippen molar-refractivity contribution in [3.8, 4) is 0 Å². The van der Waals surface area contributed by atoms with E-state index in [9.17, 15) is 14.4 Å². The van der Waals surface area contributed by atoms with E-state index in [0.717, 1.165) is 103 Å². The first kappa shape index (κ1) is 71.1. The molecule has 0 aliphatic carbocycles. The molecule has 0 saturated heterocycles. The molecule has 428 valence electrons. The largest absolute Gasteiger partial charge is 0.462 e. The summed E-state index contributed by atoms with van der Waals surface area (Å²) in [6.45, 7) is 6.44. The van der Waals surface area contributed by atoms with Crippen LogP contribution < -0.4 is 0 Å². The van der Waals surface area contributed by atoms with Gasteiger partial charge in [0.05, 0.1) is 0 Å². The summed E-state index contributed by atoms with van der Waals surface area (Å²) in [6, 6.07) is 0. The Morgan fingerprint density at radius 3 is 0.920 bits per heavy atom. The maximum Gasteiger partial charge on any atom is 0.306 e. The van der Waals surface area contributed by atoms with Crippen molar-refractivity contribution in [3.63, 3.8) is 0 Å². The molecular weight excluding hydrogens is 925 g/mol. The molecule has 0 bridgehead atoms. The van der Waals surface area contributed by atoms with Crippen LogP contribution in [0.15, 0.2) is 109 Å². The number of rotatable bonds is 56. The van der Waals surface area contributed by atoms with Gasteiger partial charge in [-0.2, -0.15) is 0 Å². The molecule has 0 amide bonds. The Kier molecular flexibility index (Phi) is 59.3. The van der Waals surface area contributed by atoms with Crippen LogP contribution in [0, 0.1) is 0 Å². The molecule has 0 rings (SSSR count). The van der Waals surface area contributed by atoms with Crippen LogP contribution in [0.25, 0.3) is 0 Å². The second-order valence-corrected chi connectivity index (χ2v) is 20.6. The average Bonchev–Trinajstić information content (AvgIpc) is 3.41. The van der Waals surface area contributed by atoms with Gasteiger partial charge in [0.2, 0.25) is 0 Å². The molecule has 6 heteroatoms. The lowest BCUT2D eigenvalue weighted by Crippen LogP contribution is -2.30. The lowest BCUT2D eigenvalue weighted by atomic mass is 10.0. The molecule has 0 N–H and O–H groups in total. The predicted octanol–water partition coefficient (Wildman–Crippen LogP) is 21.4. The first-order valence-corrected chi connectivity index (χ1v) is 31.4. The Labute approximate surface area is 463 Å². The normalized spacial score (nSPS) is 12.8. The minimum absolute atomic E-state index is 0.110.